The highest BCUT2D eigenvalue weighted by Crippen LogP contribution is 2.61. The zero-order valence-corrected chi connectivity index (χ0v) is 18.1. The summed E-state index contributed by atoms with van der Waals surface area (Å²) in [6.07, 6.45) is 1.68. The van der Waals surface area contributed by atoms with E-state index < -0.39 is 17.4 Å². The molecule has 2 aromatic carbocycles. The molecule has 152 valence electrons. The van der Waals surface area contributed by atoms with Crippen molar-refractivity contribution in [2.45, 2.75) is 24.4 Å². The molecule has 0 unspecified atom stereocenters. The maximum atomic E-state index is 13.8. The smallest absolute Gasteiger partial charge is 0.250 e. The molecular weight excluding hydrogens is 470 g/mol. The molecule has 3 fully saturated rings. The molecular formula is C22H17BrClN3O3. The lowest BCUT2D eigenvalue weighted by Gasteiger charge is -2.36. The molecule has 4 aliphatic rings. The summed E-state index contributed by atoms with van der Waals surface area (Å²) in [4.78, 5) is 44.3. The number of anilines is 2. The Morgan fingerprint density at radius 2 is 1.90 bits per heavy atom. The van der Waals surface area contributed by atoms with Gasteiger partial charge in [-0.2, -0.15) is 0 Å². The Morgan fingerprint density at radius 3 is 2.70 bits per heavy atom. The van der Waals surface area contributed by atoms with E-state index in [4.69, 9.17) is 11.6 Å². The number of amides is 3. The van der Waals surface area contributed by atoms with Gasteiger partial charge in [0, 0.05) is 21.8 Å². The van der Waals surface area contributed by atoms with Crippen LogP contribution in [-0.4, -0.2) is 35.2 Å². The summed E-state index contributed by atoms with van der Waals surface area (Å²) in [6, 6.07) is 12.3. The van der Waals surface area contributed by atoms with Crippen molar-refractivity contribution in [3.8, 4) is 0 Å². The number of halogens is 2. The van der Waals surface area contributed by atoms with Crippen molar-refractivity contribution in [3.63, 3.8) is 0 Å². The number of rotatable bonds is 1. The predicted molar refractivity (Wildman–Crippen MR) is 115 cm³/mol. The third-order valence-electron chi connectivity index (χ3n) is 7.05. The Morgan fingerprint density at radius 1 is 1.10 bits per heavy atom. The Balaban J connectivity index is 1.58. The summed E-state index contributed by atoms with van der Waals surface area (Å²) in [5.74, 6) is -2.18. The molecule has 4 atom stereocenters. The van der Waals surface area contributed by atoms with Crippen molar-refractivity contribution in [1.29, 1.82) is 0 Å². The number of carbonyl (C=O) groups excluding carboxylic acids is 3. The molecule has 6 rings (SSSR count). The van der Waals surface area contributed by atoms with Crippen molar-refractivity contribution >= 4 is 56.6 Å². The molecule has 4 aliphatic heterocycles. The minimum absolute atomic E-state index is 0.144. The predicted octanol–water partition coefficient (Wildman–Crippen LogP) is 3.53. The van der Waals surface area contributed by atoms with Crippen LogP contribution in [0.25, 0.3) is 0 Å². The molecule has 4 heterocycles. The topological polar surface area (TPSA) is 69.7 Å². The van der Waals surface area contributed by atoms with Gasteiger partial charge in [-0.15, -0.1) is 0 Å². The van der Waals surface area contributed by atoms with E-state index in [1.54, 1.807) is 24.3 Å². The molecule has 30 heavy (non-hydrogen) atoms. The molecule has 0 aromatic heterocycles. The molecule has 3 saturated heterocycles. The Labute approximate surface area is 186 Å². The molecule has 2 aromatic rings. The number of nitrogens with zero attached hydrogens (tertiary/aromatic N) is 2. The van der Waals surface area contributed by atoms with Crippen LogP contribution in [0, 0.1) is 11.8 Å². The maximum absolute atomic E-state index is 13.8. The number of imide groups is 1. The number of hydrogen-bond acceptors (Lipinski definition) is 4. The highest BCUT2D eigenvalue weighted by molar-refractivity contribution is 9.10. The van der Waals surface area contributed by atoms with E-state index >= 15 is 0 Å². The summed E-state index contributed by atoms with van der Waals surface area (Å²) in [5, 5.41) is 3.32. The summed E-state index contributed by atoms with van der Waals surface area (Å²) in [6.45, 7) is 0.684. The minimum Gasteiger partial charge on any atom is -0.324 e. The summed E-state index contributed by atoms with van der Waals surface area (Å²) in [7, 11) is 0. The molecule has 1 spiro atoms. The van der Waals surface area contributed by atoms with Gasteiger partial charge in [-0.25, -0.2) is 4.90 Å². The number of fused-ring (bicyclic) bond motifs is 7. The lowest BCUT2D eigenvalue weighted by Crippen LogP contribution is -2.54. The molecule has 0 bridgehead atoms. The van der Waals surface area contributed by atoms with Crippen molar-refractivity contribution in [3.05, 3.63) is 57.5 Å². The lowest BCUT2D eigenvalue weighted by atomic mass is 9.75. The van der Waals surface area contributed by atoms with E-state index in [-0.39, 0.29) is 23.8 Å². The van der Waals surface area contributed by atoms with Gasteiger partial charge >= 0.3 is 0 Å². The first kappa shape index (κ1) is 18.5. The molecule has 0 radical (unpaired) electrons. The van der Waals surface area contributed by atoms with Crippen LogP contribution < -0.4 is 10.2 Å². The van der Waals surface area contributed by atoms with E-state index in [9.17, 15) is 14.4 Å². The number of nitrogens with one attached hydrogen (secondary N) is 1. The van der Waals surface area contributed by atoms with Gasteiger partial charge in [-0.1, -0.05) is 39.7 Å². The van der Waals surface area contributed by atoms with Crippen molar-refractivity contribution < 1.29 is 14.4 Å². The van der Waals surface area contributed by atoms with Gasteiger partial charge in [-0.05, 0) is 49.7 Å². The quantitative estimate of drug-likeness (QED) is 0.626. The van der Waals surface area contributed by atoms with Crippen LogP contribution in [0.15, 0.2) is 46.9 Å². The normalized spacial score (nSPS) is 32.0. The van der Waals surface area contributed by atoms with Gasteiger partial charge in [-0.3, -0.25) is 19.3 Å². The number of hydrogen-bond donors (Lipinski definition) is 1. The highest BCUT2D eigenvalue weighted by Gasteiger charge is 2.74. The van der Waals surface area contributed by atoms with Gasteiger partial charge in [0.1, 0.15) is 5.54 Å². The first-order valence-corrected chi connectivity index (χ1v) is 11.1. The fourth-order valence-electron chi connectivity index (χ4n) is 6.05. The second kappa shape index (κ2) is 6.15. The molecule has 0 aliphatic carbocycles. The van der Waals surface area contributed by atoms with Crippen LogP contribution >= 0.6 is 27.5 Å². The van der Waals surface area contributed by atoms with Crippen LogP contribution in [0.1, 0.15) is 18.4 Å². The molecule has 3 amide bonds. The minimum atomic E-state index is -1.17. The van der Waals surface area contributed by atoms with Gasteiger partial charge in [0.2, 0.25) is 17.7 Å². The fourth-order valence-corrected chi connectivity index (χ4v) is 6.63. The second-order valence-electron chi connectivity index (χ2n) is 8.28. The average Bonchev–Trinajstić information content (AvgIpc) is 3.42. The third-order valence-corrected chi connectivity index (χ3v) is 7.86. The molecule has 1 N–H and O–H groups in total. The van der Waals surface area contributed by atoms with E-state index in [0.717, 1.165) is 22.9 Å². The standard InChI is InChI=1S/C22H17BrClN3O3/c23-11-7-8-14-12(10-11)22(21(30)25-14)18-17(16-6-3-9-26(16)22)19(28)27(20(18)29)15-5-2-1-4-13(15)24/h1-2,4-5,7-8,10,16-18H,3,6,9H2,(H,25,30)/t16-,17+,18+,22-/m0/s1. The zero-order valence-electron chi connectivity index (χ0n) is 15.8. The Bertz CT molecular complexity index is 1150. The summed E-state index contributed by atoms with van der Waals surface area (Å²) < 4.78 is 0.830. The Kier molecular flexibility index (Phi) is 3.80. The Hall–Kier alpha value is -2.22. The highest BCUT2D eigenvalue weighted by atomic mass is 79.9. The zero-order chi connectivity index (χ0) is 20.8. The van der Waals surface area contributed by atoms with E-state index in [0.29, 0.717) is 22.9 Å². The number of carbonyl (C=O) groups is 3. The van der Waals surface area contributed by atoms with Crippen molar-refractivity contribution in [2.24, 2.45) is 11.8 Å². The maximum Gasteiger partial charge on any atom is 0.250 e. The van der Waals surface area contributed by atoms with Gasteiger partial charge < -0.3 is 5.32 Å². The SMILES string of the molecule is O=C1[C@@H]2[C@@H]3CCCN3[C@]3(C(=O)Nc4ccc(Br)cc43)[C@H]2C(=O)N1c1ccccc1Cl. The monoisotopic (exact) mass is 485 g/mol. The molecule has 8 heteroatoms. The first-order valence-electron chi connectivity index (χ1n) is 9.97. The average molecular weight is 487 g/mol. The van der Waals surface area contributed by atoms with Crippen molar-refractivity contribution in [1.82, 2.24) is 4.90 Å². The largest absolute Gasteiger partial charge is 0.324 e. The second-order valence-corrected chi connectivity index (χ2v) is 9.60. The van der Waals surface area contributed by atoms with Gasteiger partial charge in [0.15, 0.2) is 0 Å². The van der Waals surface area contributed by atoms with Crippen LogP contribution in [0.5, 0.6) is 0 Å². The van der Waals surface area contributed by atoms with Crippen molar-refractivity contribution in [2.75, 3.05) is 16.8 Å². The summed E-state index contributed by atoms with van der Waals surface area (Å²) in [5.41, 5.74) is 0.679. The van der Waals surface area contributed by atoms with E-state index in [1.807, 2.05) is 18.2 Å². The van der Waals surface area contributed by atoms with E-state index in [1.165, 1.54) is 4.90 Å². The van der Waals surface area contributed by atoms with Gasteiger partial charge in [0.25, 0.3) is 0 Å². The fraction of sp³-hybridized carbons (Fsp3) is 0.318. The van der Waals surface area contributed by atoms with Gasteiger partial charge in [0.05, 0.1) is 22.5 Å². The number of benzene rings is 2. The van der Waals surface area contributed by atoms with E-state index in [2.05, 4.69) is 26.1 Å². The van der Waals surface area contributed by atoms with Crippen LogP contribution in [-0.2, 0) is 19.9 Å². The lowest BCUT2D eigenvalue weighted by molar-refractivity contribution is -0.135. The number of para-hydroxylation sites is 1. The van der Waals surface area contributed by atoms with Crippen LogP contribution in [0.3, 0.4) is 0 Å². The summed E-state index contributed by atoms with van der Waals surface area (Å²) >= 11 is 9.85. The molecule has 6 nitrogen and oxygen atoms in total. The van der Waals surface area contributed by atoms with Crippen LogP contribution in [0.4, 0.5) is 11.4 Å². The third kappa shape index (κ3) is 2.05. The first-order chi connectivity index (χ1) is 14.5. The van der Waals surface area contributed by atoms with Crippen LogP contribution in [0.2, 0.25) is 5.02 Å². The molecule has 0 saturated carbocycles.